The molecule has 0 heterocycles. The predicted octanol–water partition coefficient (Wildman–Crippen LogP) is 1.68. The molecule has 16 heavy (non-hydrogen) atoms. The van der Waals surface area contributed by atoms with Crippen molar-refractivity contribution in [2.45, 2.75) is 33.2 Å². The average molecular weight is 222 g/mol. The van der Waals surface area contributed by atoms with Crippen molar-refractivity contribution in [3.8, 4) is 5.75 Å². The molecule has 4 nitrogen and oxygen atoms in total. The van der Waals surface area contributed by atoms with Crippen LogP contribution < -0.4 is 11.1 Å². The molecule has 1 atom stereocenters. The van der Waals surface area contributed by atoms with Crippen LogP contribution in [0.15, 0.2) is 12.1 Å². The van der Waals surface area contributed by atoms with Gasteiger partial charge in [-0.1, -0.05) is 13.0 Å². The van der Waals surface area contributed by atoms with Gasteiger partial charge in [-0.05, 0) is 31.9 Å². The number of carbonyl (C=O) groups is 1. The average Bonchev–Trinajstić information content (AvgIpc) is 2.28. The van der Waals surface area contributed by atoms with E-state index in [-0.39, 0.29) is 11.7 Å². The lowest BCUT2D eigenvalue weighted by Gasteiger charge is -2.13. The lowest BCUT2D eigenvalue weighted by molar-refractivity contribution is -0.117. The molecule has 0 bridgehead atoms. The Morgan fingerprint density at radius 1 is 1.50 bits per heavy atom. The monoisotopic (exact) mass is 222 g/mol. The number of nitrogens with one attached hydrogen (secondary N) is 1. The molecule has 1 aromatic rings. The van der Waals surface area contributed by atoms with Crippen LogP contribution in [-0.4, -0.2) is 17.1 Å². The van der Waals surface area contributed by atoms with E-state index in [1.165, 1.54) is 0 Å². The number of aryl methyl sites for hydroxylation is 1. The summed E-state index contributed by atoms with van der Waals surface area (Å²) < 4.78 is 0. The number of aromatic hydroxyl groups is 1. The molecular weight excluding hydrogens is 204 g/mol. The smallest absolute Gasteiger partial charge is 0.241 e. The van der Waals surface area contributed by atoms with E-state index in [0.29, 0.717) is 17.7 Å². The Kier molecular flexibility index (Phi) is 3.90. The molecule has 0 radical (unpaired) electrons. The Balaban J connectivity index is 2.91. The summed E-state index contributed by atoms with van der Waals surface area (Å²) in [6, 6.07) is 3.02. The van der Waals surface area contributed by atoms with Crippen molar-refractivity contribution >= 4 is 11.6 Å². The molecule has 0 aromatic heterocycles. The van der Waals surface area contributed by atoms with Crippen molar-refractivity contribution in [2.24, 2.45) is 5.73 Å². The summed E-state index contributed by atoms with van der Waals surface area (Å²) in [5.41, 5.74) is 7.67. The molecule has 1 aromatic carbocycles. The number of nitrogens with two attached hydrogens (primary N) is 1. The zero-order chi connectivity index (χ0) is 12.3. The summed E-state index contributed by atoms with van der Waals surface area (Å²) in [6.07, 6.45) is 0.586. The highest BCUT2D eigenvalue weighted by Gasteiger charge is 2.13. The van der Waals surface area contributed by atoms with Gasteiger partial charge in [-0.25, -0.2) is 0 Å². The molecule has 0 aliphatic carbocycles. The maximum atomic E-state index is 11.6. The van der Waals surface area contributed by atoms with Gasteiger partial charge >= 0.3 is 0 Å². The second-order valence-corrected chi connectivity index (χ2v) is 3.91. The highest BCUT2D eigenvalue weighted by atomic mass is 16.3. The molecular formula is C12H18N2O2. The van der Waals surface area contributed by atoms with Crippen molar-refractivity contribution in [1.29, 1.82) is 0 Å². The largest absolute Gasteiger partial charge is 0.507 e. The Morgan fingerprint density at radius 3 is 2.69 bits per heavy atom. The lowest BCUT2D eigenvalue weighted by atomic mass is 10.1. The minimum absolute atomic E-state index is 0.211. The zero-order valence-electron chi connectivity index (χ0n) is 9.87. The summed E-state index contributed by atoms with van der Waals surface area (Å²) in [6.45, 7) is 5.42. The third kappa shape index (κ3) is 2.52. The van der Waals surface area contributed by atoms with Crippen molar-refractivity contribution in [2.75, 3.05) is 5.32 Å². The van der Waals surface area contributed by atoms with Gasteiger partial charge < -0.3 is 16.2 Å². The van der Waals surface area contributed by atoms with Gasteiger partial charge in [-0.3, -0.25) is 4.79 Å². The van der Waals surface area contributed by atoms with Gasteiger partial charge in [0.1, 0.15) is 5.75 Å². The van der Waals surface area contributed by atoms with Crippen LogP contribution in [-0.2, 0) is 4.79 Å². The molecule has 4 N–H and O–H groups in total. The van der Waals surface area contributed by atoms with Gasteiger partial charge in [0.05, 0.1) is 6.04 Å². The topological polar surface area (TPSA) is 75.4 Å². The molecule has 0 aliphatic rings. The van der Waals surface area contributed by atoms with Crippen LogP contribution in [0.4, 0.5) is 5.69 Å². The van der Waals surface area contributed by atoms with E-state index in [2.05, 4.69) is 5.32 Å². The number of phenolic OH excluding ortho intramolecular Hbond substituents is 1. The predicted molar refractivity (Wildman–Crippen MR) is 64.5 cm³/mol. The fourth-order valence-electron chi connectivity index (χ4n) is 1.38. The van der Waals surface area contributed by atoms with Gasteiger partial charge in [0.15, 0.2) is 0 Å². The van der Waals surface area contributed by atoms with Crippen LogP contribution in [0, 0.1) is 13.8 Å². The first kappa shape index (κ1) is 12.5. The lowest BCUT2D eigenvalue weighted by Crippen LogP contribution is -2.35. The fourth-order valence-corrected chi connectivity index (χ4v) is 1.38. The highest BCUT2D eigenvalue weighted by molar-refractivity contribution is 5.95. The minimum Gasteiger partial charge on any atom is -0.507 e. The third-order valence-electron chi connectivity index (χ3n) is 2.67. The molecule has 1 rings (SSSR count). The molecule has 0 saturated carbocycles. The molecule has 0 aliphatic heterocycles. The first-order valence-corrected chi connectivity index (χ1v) is 5.33. The van der Waals surface area contributed by atoms with Gasteiger partial charge in [0.2, 0.25) is 5.91 Å². The SMILES string of the molecule is CC[C@@H](N)C(=O)Nc1ccc(C)c(O)c1C. The summed E-state index contributed by atoms with van der Waals surface area (Å²) >= 11 is 0. The molecule has 0 spiro atoms. The van der Waals surface area contributed by atoms with Crippen LogP contribution in [0.25, 0.3) is 0 Å². The first-order valence-electron chi connectivity index (χ1n) is 5.33. The third-order valence-corrected chi connectivity index (χ3v) is 2.67. The Morgan fingerprint density at radius 2 is 2.12 bits per heavy atom. The highest BCUT2D eigenvalue weighted by Crippen LogP contribution is 2.27. The van der Waals surface area contributed by atoms with Crippen LogP contribution in [0.1, 0.15) is 24.5 Å². The van der Waals surface area contributed by atoms with Crippen molar-refractivity contribution < 1.29 is 9.90 Å². The number of amides is 1. The van der Waals surface area contributed by atoms with Gasteiger partial charge in [0, 0.05) is 11.3 Å². The van der Waals surface area contributed by atoms with Crippen LogP contribution in [0.3, 0.4) is 0 Å². The van der Waals surface area contributed by atoms with Crippen molar-refractivity contribution in [3.63, 3.8) is 0 Å². The van der Waals surface area contributed by atoms with E-state index in [4.69, 9.17) is 5.73 Å². The number of hydrogen-bond acceptors (Lipinski definition) is 3. The van der Waals surface area contributed by atoms with Crippen molar-refractivity contribution in [1.82, 2.24) is 0 Å². The van der Waals surface area contributed by atoms with E-state index in [1.807, 2.05) is 13.8 Å². The quantitative estimate of drug-likeness (QED) is 0.728. The number of benzene rings is 1. The van der Waals surface area contributed by atoms with E-state index >= 15 is 0 Å². The van der Waals surface area contributed by atoms with E-state index < -0.39 is 6.04 Å². The van der Waals surface area contributed by atoms with E-state index in [0.717, 1.165) is 5.56 Å². The minimum atomic E-state index is -0.511. The molecule has 0 unspecified atom stereocenters. The maximum absolute atomic E-state index is 11.6. The summed E-state index contributed by atoms with van der Waals surface area (Å²) in [5, 5.41) is 12.4. The van der Waals surface area contributed by atoms with Crippen LogP contribution >= 0.6 is 0 Å². The molecule has 0 fully saturated rings. The second kappa shape index (κ2) is 4.99. The number of hydrogen-bond donors (Lipinski definition) is 3. The molecule has 0 saturated heterocycles. The fraction of sp³-hybridized carbons (Fsp3) is 0.417. The molecule has 4 heteroatoms. The van der Waals surface area contributed by atoms with Gasteiger partial charge in [-0.15, -0.1) is 0 Å². The zero-order valence-corrected chi connectivity index (χ0v) is 9.87. The Bertz CT molecular complexity index is 402. The molecule has 1 amide bonds. The van der Waals surface area contributed by atoms with Crippen LogP contribution in [0.2, 0.25) is 0 Å². The summed E-state index contributed by atoms with van der Waals surface area (Å²) in [7, 11) is 0. The summed E-state index contributed by atoms with van der Waals surface area (Å²) in [5.74, 6) is -0.0169. The van der Waals surface area contributed by atoms with Crippen LogP contribution in [0.5, 0.6) is 5.75 Å². The van der Waals surface area contributed by atoms with Gasteiger partial charge in [-0.2, -0.15) is 0 Å². The Hall–Kier alpha value is -1.55. The number of phenols is 1. The van der Waals surface area contributed by atoms with E-state index in [9.17, 15) is 9.90 Å². The normalized spacial score (nSPS) is 12.2. The summed E-state index contributed by atoms with van der Waals surface area (Å²) in [4.78, 5) is 11.6. The molecule has 88 valence electrons. The first-order chi connectivity index (χ1) is 7.47. The second-order valence-electron chi connectivity index (χ2n) is 3.91. The number of rotatable bonds is 3. The standard InChI is InChI=1S/C12H18N2O2/c1-4-9(13)12(16)14-10-6-5-7(2)11(15)8(10)3/h5-6,9,15H,4,13H2,1-3H3,(H,14,16)/t9-/m1/s1. The number of carbonyl (C=O) groups excluding carboxylic acids is 1. The van der Waals surface area contributed by atoms with E-state index in [1.54, 1.807) is 19.1 Å². The van der Waals surface area contributed by atoms with Gasteiger partial charge in [0.25, 0.3) is 0 Å². The number of anilines is 1. The van der Waals surface area contributed by atoms with Crippen molar-refractivity contribution in [3.05, 3.63) is 23.3 Å². The maximum Gasteiger partial charge on any atom is 0.241 e. The Labute approximate surface area is 95.5 Å².